The summed E-state index contributed by atoms with van der Waals surface area (Å²) in [7, 11) is 5.62. The molecule has 0 saturated heterocycles. The molecule has 0 aliphatic carbocycles. The summed E-state index contributed by atoms with van der Waals surface area (Å²) in [4.78, 5) is 6.60. The van der Waals surface area contributed by atoms with Crippen LogP contribution in [0.3, 0.4) is 0 Å². The molecule has 2 N–H and O–H groups in total. The summed E-state index contributed by atoms with van der Waals surface area (Å²) in [6, 6.07) is 11.1. The molecule has 1 aromatic carbocycles. The Labute approximate surface area is 152 Å². The third kappa shape index (κ3) is 10.1. The molecule has 0 amide bonds. The van der Waals surface area contributed by atoms with Crippen molar-refractivity contribution in [2.24, 2.45) is 4.99 Å². The van der Waals surface area contributed by atoms with Crippen LogP contribution in [-0.4, -0.2) is 71.0 Å². The molecule has 0 spiro atoms. The van der Waals surface area contributed by atoms with E-state index >= 15 is 0 Å². The number of rotatable bonds is 12. The predicted octanol–water partition coefficient (Wildman–Crippen LogP) is 1.73. The Kier molecular flexibility index (Phi) is 11.7. The molecule has 1 aromatic rings. The molecule has 0 aliphatic rings. The largest absolute Gasteiger partial charge is 0.382 e. The van der Waals surface area contributed by atoms with Crippen LogP contribution >= 0.6 is 0 Å². The molecular weight excluding hydrogens is 316 g/mol. The second-order valence-electron chi connectivity index (χ2n) is 6.07. The van der Waals surface area contributed by atoms with Crippen LogP contribution in [0.1, 0.15) is 18.9 Å². The van der Waals surface area contributed by atoms with Gasteiger partial charge < -0.3 is 20.1 Å². The van der Waals surface area contributed by atoms with Crippen LogP contribution in [-0.2, 0) is 16.0 Å². The molecule has 0 heterocycles. The van der Waals surface area contributed by atoms with Crippen molar-refractivity contribution in [1.29, 1.82) is 0 Å². The summed E-state index contributed by atoms with van der Waals surface area (Å²) in [6.45, 7) is 6.71. The Balaban J connectivity index is 2.16. The highest BCUT2D eigenvalue weighted by Crippen LogP contribution is 2.07. The fourth-order valence-electron chi connectivity index (χ4n) is 2.35. The maximum atomic E-state index is 5.42. The second kappa shape index (κ2) is 13.6. The monoisotopic (exact) mass is 350 g/mol. The number of methoxy groups -OCH3 is 1. The van der Waals surface area contributed by atoms with Crippen molar-refractivity contribution < 1.29 is 9.47 Å². The maximum absolute atomic E-state index is 5.42. The lowest BCUT2D eigenvalue weighted by Gasteiger charge is -2.25. The van der Waals surface area contributed by atoms with Gasteiger partial charge in [0.05, 0.1) is 19.8 Å². The van der Waals surface area contributed by atoms with E-state index in [2.05, 4.69) is 64.8 Å². The van der Waals surface area contributed by atoms with Gasteiger partial charge in [-0.25, -0.2) is 0 Å². The highest BCUT2D eigenvalue weighted by atomic mass is 16.5. The number of ether oxygens (including phenoxy) is 2. The Morgan fingerprint density at radius 1 is 1.12 bits per heavy atom. The molecule has 6 heteroatoms. The number of nitrogens with zero attached hydrogens (tertiary/aromatic N) is 2. The van der Waals surface area contributed by atoms with Crippen LogP contribution < -0.4 is 10.6 Å². The van der Waals surface area contributed by atoms with Crippen LogP contribution in [0.15, 0.2) is 35.3 Å². The molecule has 1 unspecified atom stereocenters. The van der Waals surface area contributed by atoms with Crippen molar-refractivity contribution in [3.63, 3.8) is 0 Å². The van der Waals surface area contributed by atoms with Crippen molar-refractivity contribution >= 4 is 5.96 Å². The molecule has 6 nitrogen and oxygen atoms in total. The molecule has 1 atom stereocenters. The lowest BCUT2D eigenvalue weighted by molar-refractivity contribution is 0.0733. The molecule has 0 bridgehead atoms. The Bertz CT molecular complexity index is 468. The van der Waals surface area contributed by atoms with Crippen molar-refractivity contribution in [3.05, 3.63) is 35.9 Å². The zero-order valence-electron chi connectivity index (χ0n) is 16.1. The normalized spacial score (nSPS) is 13.1. The summed E-state index contributed by atoms with van der Waals surface area (Å²) >= 11 is 0. The van der Waals surface area contributed by atoms with Crippen LogP contribution in [0.4, 0.5) is 0 Å². The molecule has 25 heavy (non-hydrogen) atoms. The van der Waals surface area contributed by atoms with Crippen LogP contribution in [0, 0.1) is 0 Å². The number of guanidine groups is 1. The molecule has 0 radical (unpaired) electrons. The summed E-state index contributed by atoms with van der Waals surface area (Å²) in [5, 5.41) is 6.60. The van der Waals surface area contributed by atoms with Gasteiger partial charge in [-0.1, -0.05) is 30.3 Å². The van der Waals surface area contributed by atoms with Gasteiger partial charge in [-0.05, 0) is 26.0 Å². The first kappa shape index (κ1) is 21.4. The minimum atomic E-state index is 0.489. The third-order valence-electron chi connectivity index (χ3n) is 4.08. The van der Waals surface area contributed by atoms with Crippen molar-refractivity contribution in [2.75, 3.05) is 54.1 Å². The van der Waals surface area contributed by atoms with Gasteiger partial charge in [0.1, 0.15) is 0 Å². The van der Waals surface area contributed by atoms with Crippen LogP contribution in [0.5, 0.6) is 0 Å². The highest BCUT2D eigenvalue weighted by Gasteiger charge is 2.09. The number of hydrogen-bond donors (Lipinski definition) is 2. The summed E-state index contributed by atoms with van der Waals surface area (Å²) in [6.07, 6.45) is 1.05. The zero-order chi connectivity index (χ0) is 18.3. The van der Waals surface area contributed by atoms with E-state index in [1.807, 2.05) is 0 Å². The standard InChI is InChI=1S/C19H34N4O2/c1-17(23(3)16-18-8-6-5-7-9-18)10-11-21-19(20-2)22-12-13-25-15-14-24-4/h5-9,17H,10-16H2,1-4H3,(H2,20,21,22). The topological polar surface area (TPSA) is 58.1 Å². The average Bonchev–Trinajstić information content (AvgIpc) is 2.63. The zero-order valence-corrected chi connectivity index (χ0v) is 16.1. The predicted molar refractivity (Wildman–Crippen MR) is 104 cm³/mol. The van der Waals surface area contributed by atoms with Gasteiger partial charge in [0.2, 0.25) is 0 Å². The summed E-state index contributed by atoms with van der Waals surface area (Å²) in [5.74, 6) is 0.813. The van der Waals surface area contributed by atoms with Gasteiger partial charge >= 0.3 is 0 Å². The SMILES string of the molecule is CN=C(NCCOCCOC)NCCC(C)N(C)Cc1ccccc1. The maximum Gasteiger partial charge on any atom is 0.191 e. The van der Waals surface area contributed by atoms with E-state index in [1.54, 1.807) is 14.2 Å². The second-order valence-corrected chi connectivity index (χ2v) is 6.07. The van der Waals surface area contributed by atoms with E-state index < -0.39 is 0 Å². The Morgan fingerprint density at radius 3 is 2.52 bits per heavy atom. The van der Waals surface area contributed by atoms with Crippen molar-refractivity contribution in [2.45, 2.75) is 25.9 Å². The van der Waals surface area contributed by atoms with E-state index in [0.29, 0.717) is 25.9 Å². The first-order valence-corrected chi connectivity index (χ1v) is 8.92. The van der Waals surface area contributed by atoms with Gasteiger partial charge in [-0.3, -0.25) is 9.89 Å². The van der Waals surface area contributed by atoms with Crippen LogP contribution in [0.2, 0.25) is 0 Å². The number of nitrogens with one attached hydrogen (secondary N) is 2. The van der Waals surface area contributed by atoms with E-state index in [0.717, 1.165) is 32.0 Å². The molecular formula is C19H34N4O2. The minimum Gasteiger partial charge on any atom is -0.382 e. The Morgan fingerprint density at radius 2 is 1.84 bits per heavy atom. The molecule has 0 aromatic heterocycles. The van der Waals surface area contributed by atoms with Gasteiger partial charge in [-0.15, -0.1) is 0 Å². The molecule has 0 saturated carbocycles. The Hall–Kier alpha value is -1.63. The lowest BCUT2D eigenvalue weighted by Crippen LogP contribution is -2.41. The lowest BCUT2D eigenvalue weighted by atomic mass is 10.1. The minimum absolute atomic E-state index is 0.489. The number of benzene rings is 1. The van der Waals surface area contributed by atoms with Gasteiger partial charge in [0.25, 0.3) is 0 Å². The van der Waals surface area contributed by atoms with Crippen molar-refractivity contribution in [1.82, 2.24) is 15.5 Å². The highest BCUT2D eigenvalue weighted by molar-refractivity contribution is 5.79. The van der Waals surface area contributed by atoms with Gasteiger partial charge in [0.15, 0.2) is 5.96 Å². The van der Waals surface area contributed by atoms with Crippen molar-refractivity contribution in [3.8, 4) is 0 Å². The molecule has 0 aliphatic heterocycles. The van der Waals surface area contributed by atoms with Gasteiger partial charge in [-0.2, -0.15) is 0 Å². The smallest absolute Gasteiger partial charge is 0.191 e. The van der Waals surface area contributed by atoms with E-state index in [4.69, 9.17) is 9.47 Å². The molecule has 0 fully saturated rings. The molecule has 1 rings (SSSR count). The van der Waals surface area contributed by atoms with Crippen LogP contribution in [0.25, 0.3) is 0 Å². The number of aliphatic imine (C=N–C) groups is 1. The van der Waals surface area contributed by atoms with Gasteiger partial charge in [0, 0.05) is 39.8 Å². The number of hydrogen-bond acceptors (Lipinski definition) is 4. The van der Waals surface area contributed by atoms with E-state index in [9.17, 15) is 0 Å². The third-order valence-corrected chi connectivity index (χ3v) is 4.08. The molecule has 142 valence electrons. The quantitative estimate of drug-likeness (QED) is 0.342. The van der Waals surface area contributed by atoms with E-state index in [-0.39, 0.29) is 0 Å². The fraction of sp³-hybridized carbons (Fsp3) is 0.632. The summed E-state index contributed by atoms with van der Waals surface area (Å²) in [5.41, 5.74) is 1.34. The first-order chi connectivity index (χ1) is 12.2. The van der Waals surface area contributed by atoms with E-state index in [1.165, 1.54) is 5.56 Å². The summed E-state index contributed by atoms with van der Waals surface area (Å²) < 4.78 is 10.4. The fourth-order valence-corrected chi connectivity index (χ4v) is 2.35. The first-order valence-electron chi connectivity index (χ1n) is 8.92. The average molecular weight is 351 g/mol.